The second kappa shape index (κ2) is 5.81. The fourth-order valence-corrected chi connectivity index (χ4v) is 1.38. The lowest BCUT2D eigenvalue weighted by molar-refractivity contribution is -0.143. The van der Waals surface area contributed by atoms with Gasteiger partial charge in [-0.1, -0.05) is 0 Å². The zero-order chi connectivity index (χ0) is 15.5. The second-order valence-electron chi connectivity index (χ2n) is 5.15. The van der Waals surface area contributed by atoms with E-state index < -0.39 is 17.4 Å². The zero-order valence-electron chi connectivity index (χ0n) is 12.1. The number of aromatic carboxylic acids is 1. The van der Waals surface area contributed by atoms with Gasteiger partial charge >= 0.3 is 11.9 Å². The third-order valence-corrected chi connectivity index (χ3v) is 2.51. The summed E-state index contributed by atoms with van der Waals surface area (Å²) in [6.45, 7) is 5.08. The highest BCUT2D eigenvalue weighted by Gasteiger charge is 2.26. The molecule has 0 heterocycles. The van der Waals surface area contributed by atoms with Crippen LogP contribution in [0.2, 0.25) is 0 Å². The first kappa shape index (κ1) is 15.8. The quantitative estimate of drug-likeness (QED) is 0.674. The van der Waals surface area contributed by atoms with Crippen molar-refractivity contribution in [3.8, 4) is 17.2 Å². The molecule has 1 aromatic rings. The summed E-state index contributed by atoms with van der Waals surface area (Å²) >= 11 is 0. The van der Waals surface area contributed by atoms with E-state index in [0.717, 1.165) is 0 Å². The van der Waals surface area contributed by atoms with E-state index in [1.54, 1.807) is 20.8 Å². The lowest BCUT2D eigenvalue weighted by Gasteiger charge is -2.19. The van der Waals surface area contributed by atoms with Crippen LogP contribution < -0.4 is 14.2 Å². The third kappa shape index (κ3) is 3.40. The molecule has 0 amide bonds. The summed E-state index contributed by atoms with van der Waals surface area (Å²) in [5.41, 5.74) is -0.781. The first-order valence-corrected chi connectivity index (χ1v) is 5.92. The Balaban J connectivity index is 3.32. The van der Waals surface area contributed by atoms with Crippen molar-refractivity contribution in [2.75, 3.05) is 14.2 Å². The van der Waals surface area contributed by atoms with Crippen LogP contribution in [-0.2, 0) is 4.79 Å². The summed E-state index contributed by atoms with van der Waals surface area (Å²) < 4.78 is 15.4. The van der Waals surface area contributed by atoms with Crippen LogP contribution in [0.25, 0.3) is 0 Å². The molecule has 0 bridgehead atoms. The molecule has 0 spiro atoms. The number of carbonyl (C=O) groups excluding carboxylic acids is 1. The van der Waals surface area contributed by atoms with Gasteiger partial charge in [0.25, 0.3) is 0 Å². The molecule has 0 aromatic heterocycles. The Hall–Kier alpha value is -2.24. The largest absolute Gasteiger partial charge is 0.493 e. The van der Waals surface area contributed by atoms with E-state index in [-0.39, 0.29) is 22.8 Å². The molecule has 0 saturated carbocycles. The van der Waals surface area contributed by atoms with Gasteiger partial charge in [-0.05, 0) is 32.9 Å². The minimum absolute atomic E-state index is 0.0178. The minimum atomic E-state index is -1.15. The minimum Gasteiger partial charge on any atom is -0.493 e. The summed E-state index contributed by atoms with van der Waals surface area (Å²) in [5.74, 6) is -1.28. The first-order valence-electron chi connectivity index (χ1n) is 5.92. The molecule has 0 aliphatic heterocycles. The number of hydrogen-bond acceptors (Lipinski definition) is 5. The highest BCUT2D eigenvalue weighted by molar-refractivity contribution is 5.90. The third-order valence-electron chi connectivity index (χ3n) is 2.51. The van der Waals surface area contributed by atoms with E-state index >= 15 is 0 Å². The predicted molar refractivity (Wildman–Crippen MR) is 71.6 cm³/mol. The highest BCUT2D eigenvalue weighted by Crippen LogP contribution is 2.39. The van der Waals surface area contributed by atoms with E-state index in [0.29, 0.717) is 0 Å². The Kier molecular flexibility index (Phi) is 4.60. The number of hydrogen-bond donors (Lipinski definition) is 1. The van der Waals surface area contributed by atoms with Gasteiger partial charge in [0.2, 0.25) is 5.75 Å². The smallest absolute Gasteiger partial charge is 0.335 e. The van der Waals surface area contributed by atoms with Crippen LogP contribution in [-0.4, -0.2) is 31.3 Å². The maximum Gasteiger partial charge on any atom is 0.335 e. The van der Waals surface area contributed by atoms with Gasteiger partial charge in [0.15, 0.2) is 11.5 Å². The molecule has 0 unspecified atom stereocenters. The topological polar surface area (TPSA) is 82.1 Å². The van der Waals surface area contributed by atoms with Gasteiger partial charge < -0.3 is 19.3 Å². The maximum absolute atomic E-state index is 11.9. The molecule has 1 aromatic carbocycles. The van der Waals surface area contributed by atoms with Crippen LogP contribution >= 0.6 is 0 Å². The maximum atomic E-state index is 11.9. The number of carboxylic acid groups (broad SMARTS) is 1. The van der Waals surface area contributed by atoms with E-state index in [4.69, 9.17) is 19.3 Å². The molecule has 0 radical (unpaired) electrons. The summed E-state index contributed by atoms with van der Waals surface area (Å²) in [4.78, 5) is 23.0. The van der Waals surface area contributed by atoms with E-state index in [1.807, 2.05) is 0 Å². The van der Waals surface area contributed by atoms with Crippen molar-refractivity contribution in [2.45, 2.75) is 20.8 Å². The van der Waals surface area contributed by atoms with Gasteiger partial charge in [0, 0.05) is 0 Å². The number of methoxy groups -OCH3 is 2. The van der Waals surface area contributed by atoms with Crippen LogP contribution in [0.4, 0.5) is 0 Å². The van der Waals surface area contributed by atoms with Gasteiger partial charge in [0.1, 0.15) is 0 Å². The molecule has 20 heavy (non-hydrogen) atoms. The molecule has 0 atom stereocenters. The predicted octanol–water partition coefficient (Wildman–Crippen LogP) is 2.35. The van der Waals surface area contributed by atoms with E-state index in [1.165, 1.54) is 26.4 Å². The molecular weight excluding hydrogens is 264 g/mol. The van der Waals surface area contributed by atoms with Crippen molar-refractivity contribution in [2.24, 2.45) is 5.41 Å². The van der Waals surface area contributed by atoms with Crippen LogP contribution in [0, 0.1) is 5.41 Å². The van der Waals surface area contributed by atoms with Crippen molar-refractivity contribution in [1.82, 2.24) is 0 Å². The number of benzene rings is 1. The Morgan fingerprint density at radius 3 is 2.00 bits per heavy atom. The highest BCUT2D eigenvalue weighted by atomic mass is 16.6. The Labute approximate surface area is 117 Å². The van der Waals surface area contributed by atoms with Crippen molar-refractivity contribution in [1.29, 1.82) is 0 Å². The molecule has 6 heteroatoms. The van der Waals surface area contributed by atoms with Crippen LogP contribution in [0.1, 0.15) is 31.1 Å². The second-order valence-corrected chi connectivity index (χ2v) is 5.15. The Morgan fingerprint density at radius 2 is 1.60 bits per heavy atom. The van der Waals surface area contributed by atoms with Gasteiger partial charge in [-0.2, -0.15) is 0 Å². The number of rotatable bonds is 4. The molecule has 110 valence electrons. The molecule has 0 aliphatic carbocycles. The molecule has 0 saturated heterocycles. The van der Waals surface area contributed by atoms with Crippen LogP contribution in [0.3, 0.4) is 0 Å². The molecule has 6 nitrogen and oxygen atoms in total. The molecule has 0 fully saturated rings. The van der Waals surface area contributed by atoms with Gasteiger partial charge in [-0.3, -0.25) is 4.79 Å². The van der Waals surface area contributed by atoms with E-state index in [9.17, 15) is 9.59 Å². The van der Waals surface area contributed by atoms with Crippen molar-refractivity contribution in [3.05, 3.63) is 17.7 Å². The lowest BCUT2D eigenvalue weighted by atomic mass is 9.97. The molecule has 0 aliphatic rings. The SMILES string of the molecule is COc1cc(C(=O)O)cc(OC(=O)C(C)(C)C)c1OC. The molecule has 1 N–H and O–H groups in total. The summed E-state index contributed by atoms with van der Waals surface area (Å²) in [6.07, 6.45) is 0. The normalized spacial score (nSPS) is 10.8. The van der Waals surface area contributed by atoms with Crippen molar-refractivity contribution < 1.29 is 28.9 Å². The average Bonchev–Trinajstić information content (AvgIpc) is 2.36. The summed E-state index contributed by atoms with van der Waals surface area (Å²) in [7, 11) is 2.76. The monoisotopic (exact) mass is 282 g/mol. The van der Waals surface area contributed by atoms with Gasteiger partial charge in [-0.15, -0.1) is 0 Å². The van der Waals surface area contributed by atoms with Crippen molar-refractivity contribution in [3.63, 3.8) is 0 Å². The van der Waals surface area contributed by atoms with Gasteiger partial charge in [-0.25, -0.2) is 4.79 Å². The zero-order valence-corrected chi connectivity index (χ0v) is 12.1. The lowest BCUT2D eigenvalue weighted by Crippen LogP contribution is -2.25. The van der Waals surface area contributed by atoms with Crippen molar-refractivity contribution >= 4 is 11.9 Å². The molecular formula is C14H18O6. The Morgan fingerprint density at radius 1 is 1.05 bits per heavy atom. The standard InChI is InChI=1S/C14H18O6/c1-14(2,3)13(17)20-10-7-8(12(15)16)6-9(18-4)11(10)19-5/h6-7H,1-5H3,(H,15,16). The summed E-state index contributed by atoms with van der Waals surface area (Å²) in [5, 5.41) is 9.05. The van der Waals surface area contributed by atoms with Crippen LogP contribution in [0.5, 0.6) is 17.2 Å². The number of carbonyl (C=O) groups is 2. The van der Waals surface area contributed by atoms with Crippen LogP contribution in [0.15, 0.2) is 12.1 Å². The first-order chi connectivity index (χ1) is 9.20. The number of carboxylic acids is 1. The molecule has 1 rings (SSSR count). The fraction of sp³-hybridized carbons (Fsp3) is 0.429. The van der Waals surface area contributed by atoms with Gasteiger partial charge in [0.05, 0.1) is 25.2 Å². The fourth-order valence-electron chi connectivity index (χ4n) is 1.38. The average molecular weight is 282 g/mol. The van der Waals surface area contributed by atoms with E-state index in [2.05, 4.69) is 0 Å². The summed E-state index contributed by atoms with van der Waals surface area (Å²) in [6, 6.07) is 2.53. The Bertz CT molecular complexity index is 527. The number of esters is 1. The number of ether oxygens (including phenoxy) is 3.